The van der Waals surface area contributed by atoms with Crippen molar-refractivity contribution in [1.82, 2.24) is 5.32 Å². The Bertz CT molecular complexity index is 646. The van der Waals surface area contributed by atoms with Crippen LogP contribution in [0.4, 0.5) is 4.39 Å². The first-order chi connectivity index (χ1) is 11.2. The Kier molecular flexibility index (Phi) is 6.11. The lowest BCUT2D eigenvalue weighted by molar-refractivity contribution is 0.0928. The Morgan fingerprint density at radius 1 is 1.26 bits per heavy atom. The molecule has 1 amide bonds. The molecular formula is C18H20FNO3. The number of benzene rings is 2. The largest absolute Gasteiger partial charge is 0.497 e. The summed E-state index contributed by atoms with van der Waals surface area (Å²) in [5.41, 5.74) is 0.888. The van der Waals surface area contributed by atoms with Gasteiger partial charge in [0, 0.05) is 12.7 Å². The lowest BCUT2D eigenvalue weighted by Gasteiger charge is -2.19. The van der Waals surface area contributed by atoms with Gasteiger partial charge < -0.3 is 15.2 Å². The smallest absolute Gasteiger partial charge is 0.254 e. The number of rotatable bonds is 7. The van der Waals surface area contributed by atoms with Crippen LogP contribution in [0.15, 0.2) is 48.5 Å². The van der Waals surface area contributed by atoms with Crippen molar-refractivity contribution in [2.45, 2.75) is 18.9 Å². The normalized spacial score (nSPS) is 11.8. The average Bonchev–Trinajstić information content (AvgIpc) is 2.58. The second-order valence-electron chi connectivity index (χ2n) is 5.15. The van der Waals surface area contributed by atoms with Crippen LogP contribution in [-0.2, 0) is 0 Å². The molecule has 0 heterocycles. The van der Waals surface area contributed by atoms with Gasteiger partial charge in [-0.1, -0.05) is 30.3 Å². The van der Waals surface area contributed by atoms with Crippen LogP contribution in [0.3, 0.4) is 0 Å². The van der Waals surface area contributed by atoms with Gasteiger partial charge in [0.1, 0.15) is 11.6 Å². The van der Waals surface area contributed by atoms with Crippen molar-refractivity contribution in [3.8, 4) is 5.75 Å². The maximum atomic E-state index is 14.0. The van der Waals surface area contributed by atoms with E-state index in [4.69, 9.17) is 9.84 Å². The van der Waals surface area contributed by atoms with E-state index in [9.17, 15) is 9.18 Å². The van der Waals surface area contributed by atoms with Crippen molar-refractivity contribution in [1.29, 1.82) is 0 Å². The van der Waals surface area contributed by atoms with Crippen LogP contribution in [0.25, 0.3) is 0 Å². The molecule has 122 valence electrons. The van der Waals surface area contributed by atoms with Crippen LogP contribution in [0.5, 0.6) is 5.75 Å². The molecule has 1 atom stereocenters. The maximum Gasteiger partial charge on any atom is 0.254 e. The van der Waals surface area contributed by atoms with Gasteiger partial charge in [-0.25, -0.2) is 4.39 Å². The lowest BCUT2D eigenvalue weighted by atomic mass is 10.0. The van der Waals surface area contributed by atoms with Crippen molar-refractivity contribution in [2.24, 2.45) is 0 Å². The van der Waals surface area contributed by atoms with E-state index in [0.717, 1.165) is 5.56 Å². The van der Waals surface area contributed by atoms with Crippen LogP contribution in [0.1, 0.15) is 34.8 Å². The number of halogens is 1. The third kappa shape index (κ3) is 4.53. The van der Waals surface area contributed by atoms with E-state index in [0.29, 0.717) is 18.6 Å². The van der Waals surface area contributed by atoms with E-state index < -0.39 is 11.7 Å². The first-order valence-electron chi connectivity index (χ1n) is 7.46. The summed E-state index contributed by atoms with van der Waals surface area (Å²) >= 11 is 0. The summed E-state index contributed by atoms with van der Waals surface area (Å²) in [6, 6.07) is 13.3. The minimum absolute atomic E-state index is 0.0317. The predicted octanol–water partition coefficient (Wildman–Crippen LogP) is 3.08. The SMILES string of the molecule is COc1ccc(C(=O)NC(CCCO)c2ccccc2)c(F)c1. The van der Waals surface area contributed by atoms with Crippen molar-refractivity contribution in [2.75, 3.05) is 13.7 Å². The highest BCUT2D eigenvalue weighted by Crippen LogP contribution is 2.21. The molecule has 4 nitrogen and oxygen atoms in total. The summed E-state index contributed by atoms with van der Waals surface area (Å²) in [7, 11) is 1.44. The van der Waals surface area contributed by atoms with Crippen molar-refractivity contribution < 1.29 is 19.0 Å². The Morgan fingerprint density at radius 3 is 2.61 bits per heavy atom. The Hall–Kier alpha value is -2.40. The van der Waals surface area contributed by atoms with Crippen molar-refractivity contribution in [3.63, 3.8) is 0 Å². The molecule has 2 aromatic rings. The number of ether oxygens (including phenoxy) is 1. The van der Waals surface area contributed by atoms with Gasteiger partial charge in [-0.3, -0.25) is 4.79 Å². The molecule has 0 radical (unpaired) electrons. The summed E-state index contributed by atoms with van der Waals surface area (Å²) in [5, 5.41) is 11.9. The molecule has 23 heavy (non-hydrogen) atoms. The van der Waals surface area contributed by atoms with E-state index in [1.54, 1.807) is 6.07 Å². The van der Waals surface area contributed by atoms with Crippen LogP contribution < -0.4 is 10.1 Å². The third-order valence-corrected chi connectivity index (χ3v) is 3.58. The minimum atomic E-state index is -0.629. The van der Waals surface area contributed by atoms with Gasteiger partial charge in [-0.2, -0.15) is 0 Å². The number of nitrogens with one attached hydrogen (secondary N) is 1. The summed E-state index contributed by atoms with van der Waals surface area (Å²) < 4.78 is 18.9. The highest BCUT2D eigenvalue weighted by Gasteiger charge is 2.18. The maximum absolute atomic E-state index is 14.0. The minimum Gasteiger partial charge on any atom is -0.497 e. The standard InChI is InChI=1S/C18H20FNO3/c1-23-14-9-10-15(16(19)12-14)18(22)20-17(8-5-11-21)13-6-3-2-4-7-13/h2-4,6-7,9-10,12,17,21H,5,8,11H2,1H3,(H,20,22). The Labute approximate surface area is 134 Å². The molecule has 2 aromatic carbocycles. The van der Waals surface area contributed by atoms with Gasteiger partial charge in [0.25, 0.3) is 5.91 Å². The number of hydrogen-bond donors (Lipinski definition) is 2. The number of carbonyl (C=O) groups is 1. The van der Waals surface area contributed by atoms with E-state index >= 15 is 0 Å². The highest BCUT2D eigenvalue weighted by atomic mass is 19.1. The molecule has 0 fully saturated rings. The van der Waals surface area contributed by atoms with Gasteiger partial charge in [0.2, 0.25) is 0 Å². The topological polar surface area (TPSA) is 58.6 Å². The molecule has 2 N–H and O–H groups in total. The first-order valence-corrected chi connectivity index (χ1v) is 7.46. The molecule has 0 saturated carbocycles. The molecule has 5 heteroatoms. The van der Waals surface area contributed by atoms with Gasteiger partial charge in [0.05, 0.1) is 18.7 Å². The van der Waals surface area contributed by atoms with E-state index in [-0.39, 0.29) is 18.2 Å². The van der Waals surface area contributed by atoms with Gasteiger partial charge >= 0.3 is 0 Å². The molecule has 0 aromatic heterocycles. The van der Waals surface area contributed by atoms with Crippen LogP contribution in [-0.4, -0.2) is 24.7 Å². The Balaban J connectivity index is 2.17. The van der Waals surface area contributed by atoms with Crippen molar-refractivity contribution >= 4 is 5.91 Å². The molecule has 0 aliphatic carbocycles. The van der Waals surface area contributed by atoms with Crippen LogP contribution in [0, 0.1) is 5.82 Å². The van der Waals surface area contributed by atoms with E-state index in [2.05, 4.69) is 5.32 Å². The molecule has 0 bridgehead atoms. The number of hydrogen-bond acceptors (Lipinski definition) is 3. The van der Waals surface area contributed by atoms with E-state index in [1.165, 1.54) is 19.2 Å². The predicted molar refractivity (Wildman–Crippen MR) is 85.9 cm³/mol. The molecular weight excluding hydrogens is 297 g/mol. The first kappa shape index (κ1) is 17.0. The number of aliphatic hydroxyl groups is 1. The fourth-order valence-corrected chi connectivity index (χ4v) is 2.35. The summed E-state index contributed by atoms with van der Waals surface area (Å²) in [4.78, 5) is 12.4. The van der Waals surface area contributed by atoms with Crippen molar-refractivity contribution in [3.05, 3.63) is 65.5 Å². The summed E-state index contributed by atoms with van der Waals surface area (Å²) in [6.45, 7) is 0.0378. The molecule has 0 aliphatic heterocycles. The van der Waals surface area contributed by atoms with Crippen LogP contribution in [0.2, 0.25) is 0 Å². The molecule has 2 rings (SSSR count). The Morgan fingerprint density at radius 2 is 2.00 bits per heavy atom. The number of amides is 1. The van der Waals surface area contributed by atoms with E-state index in [1.807, 2.05) is 30.3 Å². The second kappa shape index (κ2) is 8.29. The number of carbonyl (C=O) groups excluding carboxylic acids is 1. The average molecular weight is 317 g/mol. The second-order valence-corrected chi connectivity index (χ2v) is 5.15. The number of methoxy groups -OCH3 is 1. The fraction of sp³-hybridized carbons (Fsp3) is 0.278. The van der Waals surface area contributed by atoms with Gasteiger partial charge in [-0.05, 0) is 30.5 Å². The van der Waals surface area contributed by atoms with Crippen LogP contribution >= 0.6 is 0 Å². The zero-order valence-electron chi connectivity index (χ0n) is 13.0. The summed E-state index contributed by atoms with van der Waals surface area (Å²) in [5.74, 6) is -0.758. The van der Waals surface area contributed by atoms with Gasteiger partial charge in [0.15, 0.2) is 0 Å². The zero-order chi connectivity index (χ0) is 16.7. The zero-order valence-corrected chi connectivity index (χ0v) is 13.0. The molecule has 0 saturated heterocycles. The highest BCUT2D eigenvalue weighted by molar-refractivity contribution is 5.94. The molecule has 0 aliphatic rings. The van der Waals surface area contributed by atoms with Gasteiger partial charge in [-0.15, -0.1) is 0 Å². The molecule has 1 unspecified atom stereocenters. The summed E-state index contributed by atoms with van der Waals surface area (Å²) in [6.07, 6.45) is 1.12. The molecule has 0 spiro atoms. The fourth-order valence-electron chi connectivity index (χ4n) is 2.35. The quantitative estimate of drug-likeness (QED) is 0.825. The third-order valence-electron chi connectivity index (χ3n) is 3.58. The lowest BCUT2D eigenvalue weighted by Crippen LogP contribution is -2.29. The monoisotopic (exact) mass is 317 g/mol. The number of aliphatic hydroxyl groups excluding tert-OH is 1.